The summed E-state index contributed by atoms with van der Waals surface area (Å²) in [5.74, 6) is 0.192. The molecule has 1 aliphatic carbocycles. The standard InChI is InChI=1S/C14H17F3N2O3/c1-13(21,14(15,16)17)12(20)19-6-5-10-9(7-19)18-11(22-10)8-3-2-4-8/h8,21H,2-7H2,1H3. The minimum absolute atomic E-state index is 0.0589. The molecule has 122 valence electrons. The highest BCUT2D eigenvalue weighted by molar-refractivity contribution is 5.85. The number of nitrogens with zero attached hydrogens (tertiary/aromatic N) is 2. The number of hydrogen-bond donors (Lipinski definition) is 1. The van der Waals surface area contributed by atoms with Crippen molar-refractivity contribution in [3.05, 3.63) is 17.3 Å². The molecule has 2 aliphatic rings. The summed E-state index contributed by atoms with van der Waals surface area (Å²) in [5, 5.41) is 9.50. The highest BCUT2D eigenvalue weighted by atomic mass is 19.4. The first-order valence-corrected chi connectivity index (χ1v) is 7.27. The van der Waals surface area contributed by atoms with Crippen LogP contribution >= 0.6 is 0 Å². The zero-order chi connectivity index (χ0) is 16.1. The number of fused-ring (bicyclic) bond motifs is 1. The summed E-state index contributed by atoms with van der Waals surface area (Å²) in [6, 6.07) is 0. The summed E-state index contributed by atoms with van der Waals surface area (Å²) >= 11 is 0. The monoisotopic (exact) mass is 318 g/mol. The quantitative estimate of drug-likeness (QED) is 0.907. The van der Waals surface area contributed by atoms with Crippen LogP contribution in [0.25, 0.3) is 0 Å². The molecule has 0 bridgehead atoms. The van der Waals surface area contributed by atoms with Crippen molar-refractivity contribution < 1.29 is 27.5 Å². The Bertz CT molecular complexity index is 591. The first kappa shape index (κ1) is 15.3. The molecule has 1 amide bonds. The van der Waals surface area contributed by atoms with Crippen molar-refractivity contribution in [1.82, 2.24) is 9.88 Å². The maximum atomic E-state index is 12.8. The predicted molar refractivity (Wildman–Crippen MR) is 68.9 cm³/mol. The number of alkyl halides is 3. The lowest BCUT2D eigenvalue weighted by atomic mass is 9.85. The van der Waals surface area contributed by atoms with Crippen molar-refractivity contribution in [1.29, 1.82) is 0 Å². The fourth-order valence-corrected chi connectivity index (χ4v) is 2.65. The lowest BCUT2D eigenvalue weighted by Crippen LogP contribution is -2.56. The van der Waals surface area contributed by atoms with Gasteiger partial charge in [0.1, 0.15) is 11.5 Å². The van der Waals surface area contributed by atoms with E-state index in [1.54, 1.807) is 0 Å². The Kier molecular flexibility index (Phi) is 3.47. The maximum absolute atomic E-state index is 12.8. The number of carbonyl (C=O) groups excluding carboxylic acids is 1. The van der Waals surface area contributed by atoms with Gasteiger partial charge in [0.05, 0.1) is 6.54 Å². The fraction of sp³-hybridized carbons (Fsp3) is 0.714. The van der Waals surface area contributed by atoms with E-state index in [0.29, 0.717) is 30.7 Å². The molecule has 22 heavy (non-hydrogen) atoms. The number of carbonyl (C=O) groups is 1. The Morgan fingerprint density at radius 3 is 2.64 bits per heavy atom. The molecule has 1 atom stereocenters. The molecule has 0 saturated heterocycles. The van der Waals surface area contributed by atoms with Crippen molar-refractivity contribution in [2.45, 2.75) is 56.8 Å². The molecule has 1 N–H and O–H groups in total. The molecule has 1 saturated carbocycles. The van der Waals surface area contributed by atoms with E-state index in [4.69, 9.17) is 4.42 Å². The molecular weight excluding hydrogens is 301 g/mol. The third kappa shape index (κ3) is 2.39. The van der Waals surface area contributed by atoms with Gasteiger partial charge in [-0.1, -0.05) is 6.42 Å². The first-order valence-electron chi connectivity index (χ1n) is 7.27. The number of aromatic nitrogens is 1. The van der Waals surface area contributed by atoms with Crippen LogP contribution in [0.3, 0.4) is 0 Å². The molecule has 2 heterocycles. The third-order valence-corrected chi connectivity index (χ3v) is 4.45. The Morgan fingerprint density at radius 1 is 1.41 bits per heavy atom. The summed E-state index contributed by atoms with van der Waals surface area (Å²) in [7, 11) is 0. The number of oxazole rings is 1. The van der Waals surface area contributed by atoms with Crippen LogP contribution in [0.5, 0.6) is 0 Å². The number of rotatable bonds is 2. The zero-order valence-electron chi connectivity index (χ0n) is 12.1. The Hall–Kier alpha value is -1.57. The van der Waals surface area contributed by atoms with Gasteiger partial charge in [-0.3, -0.25) is 4.79 Å². The molecule has 8 heteroatoms. The number of halogens is 3. The average Bonchev–Trinajstić information content (AvgIpc) is 2.76. The molecule has 1 fully saturated rings. The second kappa shape index (κ2) is 4.97. The van der Waals surface area contributed by atoms with Crippen molar-refractivity contribution in [2.24, 2.45) is 0 Å². The van der Waals surface area contributed by atoms with Gasteiger partial charge in [0.25, 0.3) is 5.91 Å². The molecule has 1 aromatic heterocycles. The number of hydrogen-bond acceptors (Lipinski definition) is 4. The Morgan fingerprint density at radius 2 is 2.09 bits per heavy atom. The van der Waals surface area contributed by atoms with Crippen molar-refractivity contribution in [3.63, 3.8) is 0 Å². The van der Waals surface area contributed by atoms with Gasteiger partial charge in [-0.15, -0.1) is 0 Å². The van der Waals surface area contributed by atoms with Crippen LogP contribution in [-0.4, -0.2) is 39.2 Å². The average molecular weight is 318 g/mol. The Balaban J connectivity index is 1.76. The van der Waals surface area contributed by atoms with E-state index in [9.17, 15) is 23.1 Å². The van der Waals surface area contributed by atoms with E-state index in [2.05, 4.69) is 4.98 Å². The van der Waals surface area contributed by atoms with E-state index in [-0.39, 0.29) is 19.0 Å². The van der Waals surface area contributed by atoms with Crippen LogP contribution < -0.4 is 0 Å². The highest BCUT2D eigenvalue weighted by Gasteiger charge is 2.57. The van der Waals surface area contributed by atoms with E-state index < -0.39 is 17.7 Å². The van der Waals surface area contributed by atoms with Gasteiger partial charge in [0.2, 0.25) is 5.60 Å². The second-order valence-electron chi connectivity index (χ2n) is 6.10. The third-order valence-electron chi connectivity index (χ3n) is 4.45. The minimum Gasteiger partial charge on any atom is -0.445 e. The van der Waals surface area contributed by atoms with Gasteiger partial charge in [-0.05, 0) is 19.8 Å². The molecule has 1 aromatic rings. The van der Waals surface area contributed by atoms with Crippen molar-refractivity contribution in [2.75, 3.05) is 6.54 Å². The summed E-state index contributed by atoms with van der Waals surface area (Å²) in [6.07, 6.45) is -1.56. The van der Waals surface area contributed by atoms with Crippen LogP contribution in [-0.2, 0) is 17.8 Å². The molecule has 0 radical (unpaired) electrons. The fourth-order valence-electron chi connectivity index (χ4n) is 2.65. The maximum Gasteiger partial charge on any atom is 0.426 e. The molecule has 1 aliphatic heterocycles. The van der Waals surface area contributed by atoms with Gasteiger partial charge in [0.15, 0.2) is 5.89 Å². The van der Waals surface area contributed by atoms with Gasteiger partial charge in [-0.25, -0.2) is 4.98 Å². The molecule has 0 spiro atoms. The topological polar surface area (TPSA) is 66.6 Å². The molecule has 0 aromatic carbocycles. The summed E-state index contributed by atoms with van der Waals surface area (Å²) < 4.78 is 44.0. The van der Waals surface area contributed by atoms with E-state index in [1.165, 1.54) is 0 Å². The van der Waals surface area contributed by atoms with Crippen LogP contribution in [0.1, 0.15) is 49.4 Å². The molecule has 3 rings (SSSR count). The van der Waals surface area contributed by atoms with Crippen LogP contribution in [0, 0.1) is 0 Å². The Labute approximate surface area is 125 Å². The lowest BCUT2D eigenvalue weighted by molar-refractivity contribution is -0.250. The molecular formula is C14H17F3N2O3. The van der Waals surface area contributed by atoms with Crippen molar-refractivity contribution >= 4 is 5.91 Å². The smallest absolute Gasteiger partial charge is 0.426 e. The summed E-state index contributed by atoms with van der Waals surface area (Å²) in [5.41, 5.74) is -2.88. The summed E-state index contributed by atoms with van der Waals surface area (Å²) in [4.78, 5) is 17.3. The van der Waals surface area contributed by atoms with Gasteiger partial charge in [-0.2, -0.15) is 13.2 Å². The molecule has 1 unspecified atom stereocenters. The summed E-state index contributed by atoms with van der Waals surface area (Å²) in [6.45, 7) is 0.501. The van der Waals surface area contributed by atoms with Gasteiger partial charge >= 0.3 is 6.18 Å². The van der Waals surface area contributed by atoms with Crippen LogP contribution in [0.2, 0.25) is 0 Å². The minimum atomic E-state index is -5.01. The largest absolute Gasteiger partial charge is 0.445 e. The highest BCUT2D eigenvalue weighted by Crippen LogP contribution is 2.38. The van der Waals surface area contributed by atoms with Gasteiger partial charge in [0, 0.05) is 18.9 Å². The van der Waals surface area contributed by atoms with Crippen molar-refractivity contribution in [3.8, 4) is 0 Å². The first-order chi connectivity index (χ1) is 10.2. The molecule has 5 nitrogen and oxygen atoms in total. The van der Waals surface area contributed by atoms with Crippen LogP contribution in [0.4, 0.5) is 13.2 Å². The zero-order valence-corrected chi connectivity index (χ0v) is 12.1. The second-order valence-corrected chi connectivity index (χ2v) is 6.10. The normalized spacial score (nSPS) is 22.0. The predicted octanol–water partition coefficient (Wildman–Crippen LogP) is 2.14. The number of amides is 1. The SMILES string of the molecule is CC(O)(C(=O)N1CCc2oc(C3CCC3)nc2C1)C(F)(F)F. The van der Waals surface area contributed by atoms with Gasteiger partial charge < -0.3 is 14.4 Å². The lowest BCUT2D eigenvalue weighted by Gasteiger charge is -2.33. The van der Waals surface area contributed by atoms with E-state index in [1.807, 2.05) is 0 Å². The number of aliphatic hydroxyl groups is 1. The van der Waals surface area contributed by atoms with Crippen LogP contribution in [0.15, 0.2) is 4.42 Å². The van der Waals surface area contributed by atoms with E-state index in [0.717, 1.165) is 24.2 Å². The van der Waals surface area contributed by atoms with E-state index >= 15 is 0 Å².